The zero-order chi connectivity index (χ0) is 35.9. The third-order valence-electron chi connectivity index (χ3n) is 7.50. The highest BCUT2D eigenvalue weighted by Crippen LogP contribution is 2.32. The molecule has 0 aromatic heterocycles. The van der Waals surface area contributed by atoms with E-state index in [2.05, 4.69) is 13.2 Å². The molecule has 14 nitrogen and oxygen atoms in total. The van der Waals surface area contributed by atoms with Crippen molar-refractivity contribution < 1.29 is 66.7 Å². The van der Waals surface area contributed by atoms with Gasteiger partial charge in [0, 0.05) is 25.0 Å². The van der Waals surface area contributed by atoms with E-state index in [4.69, 9.17) is 37.9 Å². The molecule has 14 heteroatoms. The summed E-state index contributed by atoms with van der Waals surface area (Å²) in [5, 5.41) is 0. The molecular weight excluding hydrogens is 656 g/mol. The number of carbonyl (C=O) groups excluding carboxylic acids is 6. The minimum absolute atomic E-state index is 0.0281. The molecule has 2 aromatic rings. The van der Waals surface area contributed by atoms with Crippen LogP contribution in [0.1, 0.15) is 59.2 Å². The lowest BCUT2D eigenvalue weighted by molar-refractivity contribution is -0.140. The van der Waals surface area contributed by atoms with Crippen molar-refractivity contribution in [3.63, 3.8) is 0 Å². The molecule has 2 heterocycles. The molecule has 2 aliphatic rings. The van der Waals surface area contributed by atoms with E-state index in [9.17, 15) is 28.8 Å². The first-order chi connectivity index (χ1) is 24.2. The van der Waals surface area contributed by atoms with Gasteiger partial charge in [0.05, 0.1) is 37.6 Å². The van der Waals surface area contributed by atoms with Gasteiger partial charge in [-0.25, -0.2) is 19.2 Å². The monoisotopic (exact) mass is 694 g/mol. The zero-order valence-electron chi connectivity index (χ0n) is 27.3. The van der Waals surface area contributed by atoms with E-state index in [1.807, 2.05) is 0 Å². The lowest BCUT2D eigenvalue weighted by Crippen LogP contribution is -2.36. The smallest absolute Gasteiger partial charge is 0.338 e. The number of esters is 6. The Labute approximate surface area is 288 Å². The van der Waals surface area contributed by atoms with Crippen LogP contribution in [0.3, 0.4) is 0 Å². The van der Waals surface area contributed by atoms with Crippen LogP contribution in [-0.2, 0) is 47.6 Å². The molecule has 0 aliphatic carbocycles. The van der Waals surface area contributed by atoms with Crippen molar-refractivity contribution in [2.45, 2.75) is 62.9 Å². The van der Waals surface area contributed by atoms with Crippen molar-refractivity contribution in [2.24, 2.45) is 0 Å². The van der Waals surface area contributed by atoms with Crippen molar-refractivity contribution in [1.82, 2.24) is 0 Å². The summed E-state index contributed by atoms with van der Waals surface area (Å²) in [5.74, 6) is -2.78. The average molecular weight is 695 g/mol. The Hall–Kier alpha value is -5.34. The first kappa shape index (κ1) is 37.5. The molecule has 0 radical (unpaired) electrons. The SMILES string of the molecule is C=CC(=O)OCCCCCC(=O)Oc1ccc(C(=O)O[C@@H]2CO[C@H]3[C@@H]2OC[C@@H]3OC(=O)c2ccc(OC(=O)CCCOC(=O)C=C)cc2)cc1. The highest BCUT2D eigenvalue weighted by molar-refractivity contribution is 5.90. The Morgan fingerprint density at radius 1 is 0.600 bits per heavy atom. The van der Waals surface area contributed by atoms with Crippen LogP contribution in [-0.4, -0.2) is 86.7 Å². The van der Waals surface area contributed by atoms with Gasteiger partial charge in [-0.1, -0.05) is 13.2 Å². The zero-order valence-corrected chi connectivity index (χ0v) is 27.3. The lowest BCUT2D eigenvalue weighted by atomic mass is 10.1. The Morgan fingerprint density at radius 3 is 1.46 bits per heavy atom. The van der Waals surface area contributed by atoms with Gasteiger partial charge in [-0.3, -0.25) is 9.59 Å². The summed E-state index contributed by atoms with van der Waals surface area (Å²) in [7, 11) is 0. The van der Waals surface area contributed by atoms with Crippen LogP contribution in [0.15, 0.2) is 73.8 Å². The van der Waals surface area contributed by atoms with Crippen LogP contribution in [0.2, 0.25) is 0 Å². The third-order valence-corrected chi connectivity index (χ3v) is 7.50. The van der Waals surface area contributed by atoms with Crippen LogP contribution in [0.4, 0.5) is 0 Å². The fraction of sp³-hybridized carbons (Fsp3) is 0.389. The fourth-order valence-corrected chi connectivity index (χ4v) is 4.95. The number of carbonyl (C=O) groups is 6. The summed E-state index contributed by atoms with van der Waals surface area (Å²) in [6.45, 7) is 7.00. The van der Waals surface area contributed by atoms with Crippen LogP contribution >= 0.6 is 0 Å². The molecule has 0 spiro atoms. The van der Waals surface area contributed by atoms with Gasteiger partial charge in [0.1, 0.15) is 23.7 Å². The van der Waals surface area contributed by atoms with Crippen molar-refractivity contribution in [3.05, 3.63) is 85.0 Å². The molecule has 4 atom stereocenters. The Morgan fingerprint density at radius 2 is 1.02 bits per heavy atom. The summed E-state index contributed by atoms with van der Waals surface area (Å²) >= 11 is 0. The molecule has 2 aliphatic heterocycles. The van der Waals surface area contributed by atoms with E-state index in [0.717, 1.165) is 12.2 Å². The second-order valence-electron chi connectivity index (χ2n) is 11.1. The van der Waals surface area contributed by atoms with Crippen molar-refractivity contribution in [1.29, 1.82) is 0 Å². The van der Waals surface area contributed by atoms with Gasteiger partial charge in [0.25, 0.3) is 0 Å². The largest absolute Gasteiger partial charge is 0.463 e. The van der Waals surface area contributed by atoms with Crippen LogP contribution < -0.4 is 9.47 Å². The summed E-state index contributed by atoms with van der Waals surface area (Å²) in [4.78, 5) is 71.8. The van der Waals surface area contributed by atoms with Gasteiger partial charge in [-0.15, -0.1) is 0 Å². The first-order valence-electron chi connectivity index (χ1n) is 16.0. The van der Waals surface area contributed by atoms with E-state index in [1.54, 1.807) is 0 Å². The van der Waals surface area contributed by atoms with Gasteiger partial charge in [0.15, 0.2) is 12.2 Å². The van der Waals surface area contributed by atoms with E-state index >= 15 is 0 Å². The molecule has 266 valence electrons. The second kappa shape index (κ2) is 19.0. The predicted molar refractivity (Wildman–Crippen MR) is 172 cm³/mol. The molecule has 4 rings (SSSR count). The normalized spacial score (nSPS) is 19.0. The maximum atomic E-state index is 12.8. The summed E-state index contributed by atoms with van der Waals surface area (Å²) in [6.07, 6.45) is 1.71. The highest BCUT2D eigenvalue weighted by Gasteiger charge is 2.51. The van der Waals surface area contributed by atoms with Crippen LogP contribution in [0.25, 0.3) is 0 Å². The van der Waals surface area contributed by atoms with Crippen LogP contribution in [0, 0.1) is 0 Å². The average Bonchev–Trinajstić information content (AvgIpc) is 3.71. The molecule has 0 N–H and O–H groups in total. The number of benzene rings is 2. The number of rotatable bonds is 18. The highest BCUT2D eigenvalue weighted by atomic mass is 16.7. The lowest BCUT2D eigenvalue weighted by Gasteiger charge is -2.17. The fourth-order valence-electron chi connectivity index (χ4n) is 4.95. The van der Waals surface area contributed by atoms with Gasteiger partial charge in [-0.05, 0) is 74.2 Å². The molecule has 2 fully saturated rings. The van der Waals surface area contributed by atoms with Gasteiger partial charge < -0.3 is 37.9 Å². The minimum atomic E-state index is -0.743. The van der Waals surface area contributed by atoms with Crippen molar-refractivity contribution >= 4 is 35.8 Å². The second-order valence-corrected chi connectivity index (χ2v) is 11.1. The number of hydrogen-bond donors (Lipinski definition) is 0. The van der Waals surface area contributed by atoms with E-state index < -0.39 is 60.2 Å². The summed E-state index contributed by atoms with van der Waals surface area (Å²) in [6, 6.07) is 11.7. The van der Waals surface area contributed by atoms with E-state index in [-0.39, 0.29) is 68.3 Å². The molecule has 2 saturated heterocycles. The van der Waals surface area contributed by atoms with Gasteiger partial charge in [0.2, 0.25) is 0 Å². The number of fused-ring (bicyclic) bond motifs is 1. The molecular formula is C36H38O14. The molecule has 0 unspecified atom stereocenters. The molecule has 2 aromatic carbocycles. The topological polar surface area (TPSA) is 176 Å². The molecule has 0 amide bonds. The minimum Gasteiger partial charge on any atom is -0.463 e. The first-order valence-corrected chi connectivity index (χ1v) is 16.0. The summed E-state index contributed by atoms with van der Waals surface area (Å²) in [5.41, 5.74) is 0.440. The summed E-state index contributed by atoms with van der Waals surface area (Å²) < 4.78 is 43.0. The number of hydrogen-bond acceptors (Lipinski definition) is 14. The Balaban J connectivity index is 1.16. The quantitative estimate of drug-likeness (QED) is 0.0723. The van der Waals surface area contributed by atoms with E-state index in [1.165, 1.54) is 48.5 Å². The standard InChI is InChI=1S/C36H38O14/c1-3-29(37)43-19-7-5-6-9-31(39)47-25-15-11-23(12-16-25)35(41)49-27-21-45-34-28(22-46-33(27)34)50-36(42)24-13-17-26(18-14-24)48-32(40)10-8-20-44-30(38)4-2/h3-4,11-18,27-28,33-34H,1-2,5-10,19-22H2/t27-,28+,33-,34-/m1/s1. The molecule has 50 heavy (non-hydrogen) atoms. The van der Waals surface area contributed by atoms with Crippen molar-refractivity contribution in [2.75, 3.05) is 26.4 Å². The van der Waals surface area contributed by atoms with Crippen LogP contribution in [0.5, 0.6) is 11.5 Å². The maximum absolute atomic E-state index is 12.8. The van der Waals surface area contributed by atoms with Crippen molar-refractivity contribution in [3.8, 4) is 11.5 Å². The number of unbranched alkanes of at least 4 members (excludes halogenated alkanes) is 2. The van der Waals surface area contributed by atoms with E-state index in [0.29, 0.717) is 19.3 Å². The van der Waals surface area contributed by atoms with Gasteiger partial charge in [-0.2, -0.15) is 0 Å². The Bertz CT molecular complexity index is 1530. The van der Waals surface area contributed by atoms with Gasteiger partial charge >= 0.3 is 35.8 Å². The maximum Gasteiger partial charge on any atom is 0.338 e. The third kappa shape index (κ3) is 11.4. The Kier molecular flexibility index (Phi) is 14.2. The number of ether oxygens (including phenoxy) is 8. The molecule has 0 saturated carbocycles. The molecule has 0 bridgehead atoms. The predicted octanol–water partition coefficient (Wildman–Crippen LogP) is 3.85.